The number of hydrogen-bond donors (Lipinski definition) is 0. The van der Waals surface area contributed by atoms with Crippen LogP contribution in [0.5, 0.6) is 0 Å². The van der Waals surface area contributed by atoms with Gasteiger partial charge in [-0.2, -0.15) is 0 Å². The second kappa shape index (κ2) is 8.26. The van der Waals surface area contributed by atoms with Crippen molar-refractivity contribution in [1.82, 2.24) is 4.98 Å². The van der Waals surface area contributed by atoms with E-state index in [4.69, 9.17) is 0 Å². The van der Waals surface area contributed by atoms with E-state index in [1.54, 1.807) is 12.1 Å². The van der Waals surface area contributed by atoms with Crippen LogP contribution < -0.4 is 9.80 Å². The van der Waals surface area contributed by atoms with Gasteiger partial charge in [-0.1, -0.05) is 0 Å². The van der Waals surface area contributed by atoms with Gasteiger partial charge in [0.1, 0.15) is 11.5 Å². The Morgan fingerprint density at radius 3 is 2.48 bits per heavy atom. The number of piperazine rings is 1. The SMILES string of the molecule is CC1CN(c2ccc([N+](=O)[O-])cc2[N+](=O)[O-])CCN1c1nc(-c2ccc(F)cc2)cs1. The van der Waals surface area contributed by atoms with Crippen molar-refractivity contribution in [2.75, 3.05) is 29.4 Å². The van der Waals surface area contributed by atoms with Crippen LogP contribution in [0.4, 0.5) is 26.6 Å². The van der Waals surface area contributed by atoms with Crippen molar-refractivity contribution in [3.8, 4) is 11.3 Å². The number of thiazole rings is 1. The lowest BCUT2D eigenvalue weighted by molar-refractivity contribution is -0.393. The Kier molecular flexibility index (Phi) is 5.51. The van der Waals surface area contributed by atoms with Gasteiger partial charge < -0.3 is 9.80 Å². The molecular weight excluding hydrogens is 425 g/mol. The first-order chi connectivity index (χ1) is 14.8. The summed E-state index contributed by atoms with van der Waals surface area (Å²) in [6.45, 7) is 3.60. The molecule has 0 amide bonds. The van der Waals surface area contributed by atoms with Crippen molar-refractivity contribution >= 4 is 33.5 Å². The zero-order chi connectivity index (χ0) is 22.1. The summed E-state index contributed by atoms with van der Waals surface area (Å²) < 4.78 is 13.2. The molecule has 1 unspecified atom stereocenters. The Morgan fingerprint density at radius 1 is 1.10 bits per heavy atom. The predicted octanol–water partition coefficient (Wildman–Crippen LogP) is 4.48. The van der Waals surface area contributed by atoms with Crippen LogP contribution in [0.25, 0.3) is 11.3 Å². The summed E-state index contributed by atoms with van der Waals surface area (Å²) in [6, 6.07) is 9.90. The molecule has 1 aliphatic heterocycles. The molecule has 1 saturated heterocycles. The molecule has 0 spiro atoms. The summed E-state index contributed by atoms with van der Waals surface area (Å²) in [5, 5.41) is 25.2. The van der Waals surface area contributed by atoms with E-state index >= 15 is 0 Å². The second-order valence-electron chi connectivity index (χ2n) is 7.20. The molecule has 2 aromatic carbocycles. The quantitative estimate of drug-likeness (QED) is 0.423. The van der Waals surface area contributed by atoms with Gasteiger partial charge in [0.2, 0.25) is 0 Å². The van der Waals surface area contributed by atoms with Crippen molar-refractivity contribution < 1.29 is 14.2 Å². The number of nitro groups is 2. The van der Waals surface area contributed by atoms with Crippen molar-refractivity contribution in [2.45, 2.75) is 13.0 Å². The molecule has 4 rings (SSSR count). The van der Waals surface area contributed by atoms with Gasteiger partial charge in [0, 0.05) is 42.7 Å². The molecule has 31 heavy (non-hydrogen) atoms. The minimum absolute atomic E-state index is 0.00997. The maximum atomic E-state index is 13.2. The first-order valence-electron chi connectivity index (χ1n) is 9.49. The van der Waals surface area contributed by atoms with Crippen molar-refractivity contribution in [1.29, 1.82) is 0 Å². The lowest BCUT2D eigenvalue weighted by Gasteiger charge is -2.40. The fourth-order valence-electron chi connectivity index (χ4n) is 3.65. The topological polar surface area (TPSA) is 106 Å². The zero-order valence-corrected chi connectivity index (χ0v) is 17.3. The third-order valence-electron chi connectivity index (χ3n) is 5.21. The van der Waals surface area contributed by atoms with Gasteiger partial charge >= 0.3 is 0 Å². The lowest BCUT2D eigenvalue weighted by atomic mass is 10.1. The van der Waals surface area contributed by atoms with Gasteiger partial charge in [0.15, 0.2) is 5.13 Å². The highest BCUT2D eigenvalue weighted by Crippen LogP contribution is 2.35. The normalized spacial score (nSPS) is 16.4. The number of nitro benzene ring substituents is 2. The molecule has 11 heteroatoms. The number of rotatable bonds is 5. The van der Waals surface area contributed by atoms with E-state index in [-0.39, 0.29) is 23.2 Å². The summed E-state index contributed by atoms with van der Waals surface area (Å²) in [5.41, 5.74) is 1.38. The molecular formula is C20H18FN5O4S. The summed E-state index contributed by atoms with van der Waals surface area (Å²) in [6.07, 6.45) is 0. The van der Waals surface area contributed by atoms with Crippen LogP contribution in [-0.2, 0) is 0 Å². The molecule has 9 nitrogen and oxygen atoms in total. The molecule has 0 radical (unpaired) electrons. The van der Waals surface area contributed by atoms with Crippen LogP contribution in [0.2, 0.25) is 0 Å². The molecule has 0 N–H and O–H groups in total. The Bertz CT molecular complexity index is 1140. The van der Waals surface area contributed by atoms with Crippen LogP contribution >= 0.6 is 11.3 Å². The van der Waals surface area contributed by atoms with Gasteiger partial charge in [0.25, 0.3) is 11.4 Å². The van der Waals surface area contributed by atoms with E-state index in [0.29, 0.717) is 25.3 Å². The average Bonchev–Trinajstić information content (AvgIpc) is 3.23. The molecule has 0 bridgehead atoms. The highest BCUT2D eigenvalue weighted by atomic mass is 32.1. The number of non-ortho nitro benzene ring substituents is 1. The smallest absolute Gasteiger partial charge is 0.299 e. The van der Waals surface area contributed by atoms with E-state index in [1.165, 1.54) is 35.6 Å². The van der Waals surface area contributed by atoms with Gasteiger partial charge in [-0.15, -0.1) is 11.3 Å². The van der Waals surface area contributed by atoms with Crippen molar-refractivity contribution in [2.24, 2.45) is 0 Å². The fraction of sp³-hybridized carbons (Fsp3) is 0.250. The third kappa shape index (κ3) is 4.17. The lowest BCUT2D eigenvalue weighted by Crippen LogP contribution is -2.52. The number of aromatic nitrogens is 1. The molecule has 2 heterocycles. The van der Waals surface area contributed by atoms with Crippen LogP contribution in [0.1, 0.15) is 6.92 Å². The number of halogens is 1. The molecule has 160 valence electrons. The predicted molar refractivity (Wildman–Crippen MR) is 116 cm³/mol. The molecule has 1 aliphatic rings. The number of anilines is 2. The summed E-state index contributed by atoms with van der Waals surface area (Å²) in [7, 11) is 0. The Balaban J connectivity index is 1.53. The van der Waals surface area contributed by atoms with E-state index in [0.717, 1.165) is 22.5 Å². The van der Waals surface area contributed by atoms with E-state index in [1.807, 2.05) is 17.2 Å². The van der Waals surface area contributed by atoms with Crippen LogP contribution in [0.15, 0.2) is 47.8 Å². The highest BCUT2D eigenvalue weighted by Gasteiger charge is 2.30. The van der Waals surface area contributed by atoms with Crippen LogP contribution in [0, 0.1) is 26.0 Å². The largest absolute Gasteiger partial charge is 0.362 e. The Hall–Kier alpha value is -3.60. The second-order valence-corrected chi connectivity index (χ2v) is 8.03. The van der Waals surface area contributed by atoms with Gasteiger partial charge in [-0.05, 0) is 37.3 Å². The van der Waals surface area contributed by atoms with E-state index in [9.17, 15) is 24.6 Å². The zero-order valence-electron chi connectivity index (χ0n) is 16.5. The third-order valence-corrected chi connectivity index (χ3v) is 6.09. The molecule has 1 aromatic heterocycles. The first kappa shape index (κ1) is 20.7. The van der Waals surface area contributed by atoms with Gasteiger partial charge in [-0.25, -0.2) is 9.37 Å². The minimum atomic E-state index is -0.640. The Morgan fingerprint density at radius 2 is 1.84 bits per heavy atom. The fourth-order valence-corrected chi connectivity index (χ4v) is 4.61. The summed E-state index contributed by atoms with van der Waals surface area (Å²) >= 11 is 1.49. The average molecular weight is 443 g/mol. The highest BCUT2D eigenvalue weighted by molar-refractivity contribution is 7.14. The number of benzene rings is 2. The molecule has 1 fully saturated rings. The van der Waals surface area contributed by atoms with E-state index in [2.05, 4.69) is 9.88 Å². The minimum Gasteiger partial charge on any atom is -0.362 e. The monoisotopic (exact) mass is 443 g/mol. The first-order valence-corrected chi connectivity index (χ1v) is 10.4. The standard InChI is InChI=1S/C20H18FN5O4S/c1-13-11-23(18-7-6-16(25(27)28)10-19(18)26(29)30)8-9-24(13)20-22-17(12-31-20)14-2-4-15(21)5-3-14/h2-7,10,12-13H,8-9,11H2,1H3. The molecule has 1 atom stereocenters. The van der Waals surface area contributed by atoms with Gasteiger partial charge in [0.05, 0.1) is 21.6 Å². The maximum absolute atomic E-state index is 13.2. The molecule has 0 saturated carbocycles. The van der Waals surface area contributed by atoms with E-state index < -0.39 is 9.85 Å². The van der Waals surface area contributed by atoms with Crippen LogP contribution in [0.3, 0.4) is 0 Å². The maximum Gasteiger partial charge on any atom is 0.299 e. The molecule has 3 aromatic rings. The van der Waals surface area contributed by atoms with Crippen molar-refractivity contribution in [3.05, 3.63) is 73.9 Å². The van der Waals surface area contributed by atoms with Crippen molar-refractivity contribution in [3.63, 3.8) is 0 Å². The summed E-state index contributed by atoms with van der Waals surface area (Å²) in [4.78, 5) is 29.9. The molecule has 0 aliphatic carbocycles. The summed E-state index contributed by atoms with van der Waals surface area (Å²) in [5.74, 6) is -0.302. The number of nitrogens with zero attached hydrogens (tertiary/aromatic N) is 5. The Labute approximate surface area is 180 Å². The van der Waals surface area contributed by atoms with Gasteiger partial charge in [-0.3, -0.25) is 20.2 Å². The van der Waals surface area contributed by atoms with Crippen LogP contribution in [-0.4, -0.2) is 40.5 Å². The number of hydrogen-bond acceptors (Lipinski definition) is 8.